The molecule has 0 atom stereocenters. The molecule has 0 saturated carbocycles. The third kappa shape index (κ3) is 1.67. The molecular weight excluding hydrogens is 190 g/mol. The number of nitrogens with zero attached hydrogens (tertiary/aromatic N) is 3. The predicted octanol–water partition coefficient (Wildman–Crippen LogP) is 1.08. The van der Waals surface area contributed by atoms with Crippen LogP contribution in [0.1, 0.15) is 16.1 Å². The third-order valence-electron chi connectivity index (χ3n) is 1.77. The zero-order chi connectivity index (χ0) is 10.2. The Bertz CT molecular complexity index is 343. The Hall–Kier alpha value is -1.03. The summed E-state index contributed by atoms with van der Waals surface area (Å²) in [6.07, 6.45) is 0. The van der Waals surface area contributed by atoms with Crippen molar-refractivity contribution in [2.24, 2.45) is 7.05 Å². The number of carbonyl (C=O) groups is 1. The van der Waals surface area contributed by atoms with Crippen LogP contribution in [0.5, 0.6) is 0 Å². The summed E-state index contributed by atoms with van der Waals surface area (Å²) in [5.41, 5.74) is 1.14. The second kappa shape index (κ2) is 3.38. The van der Waals surface area contributed by atoms with Crippen LogP contribution in [0.3, 0.4) is 0 Å². The van der Waals surface area contributed by atoms with E-state index in [-0.39, 0.29) is 5.91 Å². The molecule has 0 unspecified atom stereocenters. The van der Waals surface area contributed by atoms with Crippen LogP contribution in [0, 0.1) is 6.92 Å². The Kier molecular flexibility index (Phi) is 2.61. The van der Waals surface area contributed by atoms with E-state index in [4.69, 9.17) is 11.6 Å². The standard InChI is InChI=1S/C8H12ClN3O/c1-5-6(8(13)11(2)3)7(9)12(4)10-5/h1-4H3. The average Bonchev–Trinajstić information content (AvgIpc) is 2.26. The molecule has 0 aliphatic rings. The molecule has 13 heavy (non-hydrogen) atoms. The molecule has 1 aromatic heterocycles. The fourth-order valence-electron chi connectivity index (χ4n) is 1.10. The van der Waals surface area contributed by atoms with Crippen LogP contribution in [0.25, 0.3) is 0 Å². The number of rotatable bonds is 1. The minimum Gasteiger partial charge on any atom is -0.345 e. The highest BCUT2D eigenvalue weighted by atomic mass is 35.5. The first-order valence-corrected chi connectivity index (χ1v) is 4.23. The van der Waals surface area contributed by atoms with E-state index in [1.807, 2.05) is 0 Å². The van der Waals surface area contributed by atoms with Crippen molar-refractivity contribution >= 4 is 17.5 Å². The summed E-state index contributed by atoms with van der Waals surface area (Å²) >= 11 is 5.91. The largest absolute Gasteiger partial charge is 0.345 e. The molecule has 0 radical (unpaired) electrons. The highest BCUT2D eigenvalue weighted by Gasteiger charge is 2.19. The second-order valence-corrected chi connectivity index (χ2v) is 3.43. The van der Waals surface area contributed by atoms with Crippen molar-refractivity contribution in [2.45, 2.75) is 6.92 Å². The number of aryl methyl sites for hydroxylation is 2. The molecule has 4 nitrogen and oxygen atoms in total. The van der Waals surface area contributed by atoms with Gasteiger partial charge in [0.1, 0.15) is 5.15 Å². The first-order valence-electron chi connectivity index (χ1n) is 3.86. The molecule has 0 aromatic carbocycles. The van der Waals surface area contributed by atoms with Gasteiger partial charge in [-0.25, -0.2) is 0 Å². The van der Waals surface area contributed by atoms with Crippen molar-refractivity contribution in [1.82, 2.24) is 14.7 Å². The molecular formula is C8H12ClN3O. The molecule has 0 spiro atoms. The van der Waals surface area contributed by atoms with Crippen LogP contribution in [-0.4, -0.2) is 34.7 Å². The lowest BCUT2D eigenvalue weighted by Crippen LogP contribution is -2.22. The van der Waals surface area contributed by atoms with E-state index in [9.17, 15) is 4.79 Å². The molecule has 1 amide bonds. The first-order chi connectivity index (χ1) is 5.95. The number of hydrogen-bond acceptors (Lipinski definition) is 2. The Balaban J connectivity index is 3.21. The molecule has 0 aliphatic heterocycles. The lowest BCUT2D eigenvalue weighted by Gasteiger charge is -2.09. The summed E-state index contributed by atoms with van der Waals surface area (Å²) in [6, 6.07) is 0. The SMILES string of the molecule is Cc1nn(C)c(Cl)c1C(=O)N(C)C. The van der Waals surface area contributed by atoms with Gasteiger partial charge in [-0.3, -0.25) is 9.48 Å². The zero-order valence-electron chi connectivity index (χ0n) is 8.13. The monoisotopic (exact) mass is 201 g/mol. The minimum atomic E-state index is -0.115. The van der Waals surface area contributed by atoms with Gasteiger partial charge in [0.2, 0.25) is 0 Å². The molecule has 0 fully saturated rings. The van der Waals surface area contributed by atoms with E-state index in [0.717, 1.165) is 0 Å². The second-order valence-electron chi connectivity index (χ2n) is 3.07. The number of aromatic nitrogens is 2. The quantitative estimate of drug-likeness (QED) is 0.682. The van der Waals surface area contributed by atoms with Gasteiger partial charge in [-0.1, -0.05) is 11.6 Å². The Morgan fingerprint density at radius 3 is 2.38 bits per heavy atom. The summed E-state index contributed by atoms with van der Waals surface area (Å²) in [4.78, 5) is 13.1. The van der Waals surface area contributed by atoms with Crippen LogP contribution < -0.4 is 0 Å². The van der Waals surface area contributed by atoms with Crippen LogP contribution in [0.15, 0.2) is 0 Å². The maximum atomic E-state index is 11.6. The van der Waals surface area contributed by atoms with Gasteiger partial charge < -0.3 is 4.90 Å². The number of carbonyl (C=O) groups excluding carboxylic acids is 1. The highest BCUT2D eigenvalue weighted by Crippen LogP contribution is 2.19. The lowest BCUT2D eigenvalue weighted by molar-refractivity contribution is 0.0827. The fraction of sp³-hybridized carbons (Fsp3) is 0.500. The Morgan fingerprint density at radius 1 is 1.54 bits per heavy atom. The van der Waals surface area contributed by atoms with E-state index < -0.39 is 0 Å². The van der Waals surface area contributed by atoms with Gasteiger partial charge in [0.15, 0.2) is 0 Å². The van der Waals surface area contributed by atoms with Gasteiger partial charge in [0, 0.05) is 21.1 Å². The normalized spacial score (nSPS) is 10.2. The minimum absolute atomic E-state index is 0.115. The van der Waals surface area contributed by atoms with Crippen LogP contribution in [0.4, 0.5) is 0 Å². The van der Waals surface area contributed by atoms with Gasteiger partial charge in [-0.15, -0.1) is 0 Å². The molecule has 72 valence electrons. The molecule has 0 saturated heterocycles. The summed E-state index contributed by atoms with van der Waals surface area (Å²) < 4.78 is 1.49. The van der Waals surface area contributed by atoms with Crippen molar-refractivity contribution in [3.63, 3.8) is 0 Å². The molecule has 1 aromatic rings. The van der Waals surface area contributed by atoms with Gasteiger partial charge in [0.05, 0.1) is 11.3 Å². The van der Waals surface area contributed by atoms with E-state index in [1.54, 1.807) is 28.1 Å². The molecule has 1 heterocycles. The Labute approximate surface area is 82.1 Å². The topological polar surface area (TPSA) is 38.1 Å². The maximum Gasteiger partial charge on any atom is 0.258 e. The average molecular weight is 202 g/mol. The summed E-state index contributed by atoms with van der Waals surface area (Å²) in [6.45, 7) is 1.77. The zero-order valence-corrected chi connectivity index (χ0v) is 8.88. The summed E-state index contributed by atoms with van der Waals surface area (Å²) in [5.74, 6) is -0.115. The van der Waals surface area contributed by atoms with E-state index in [2.05, 4.69) is 5.10 Å². The van der Waals surface area contributed by atoms with Crippen LogP contribution in [0.2, 0.25) is 5.15 Å². The van der Waals surface area contributed by atoms with Crippen molar-refractivity contribution in [1.29, 1.82) is 0 Å². The van der Waals surface area contributed by atoms with E-state index in [0.29, 0.717) is 16.4 Å². The maximum absolute atomic E-state index is 11.6. The number of halogens is 1. The Morgan fingerprint density at radius 2 is 2.08 bits per heavy atom. The van der Waals surface area contributed by atoms with Gasteiger partial charge in [0.25, 0.3) is 5.91 Å². The van der Waals surface area contributed by atoms with E-state index >= 15 is 0 Å². The molecule has 0 aliphatic carbocycles. The fourth-order valence-corrected chi connectivity index (χ4v) is 1.35. The summed E-state index contributed by atoms with van der Waals surface area (Å²) in [5, 5.41) is 4.44. The van der Waals surface area contributed by atoms with Crippen LogP contribution >= 0.6 is 11.6 Å². The van der Waals surface area contributed by atoms with Crippen molar-refractivity contribution in [2.75, 3.05) is 14.1 Å². The number of hydrogen-bond donors (Lipinski definition) is 0. The molecule has 5 heteroatoms. The molecule has 0 N–H and O–H groups in total. The van der Waals surface area contributed by atoms with Crippen molar-refractivity contribution < 1.29 is 4.79 Å². The smallest absolute Gasteiger partial charge is 0.258 e. The van der Waals surface area contributed by atoms with Crippen molar-refractivity contribution in [3.8, 4) is 0 Å². The van der Waals surface area contributed by atoms with Crippen LogP contribution in [-0.2, 0) is 7.05 Å². The van der Waals surface area contributed by atoms with Gasteiger partial charge >= 0.3 is 0 Å². The lowest BCUT2D eigenvalue weighted by atomic mass is 10.2. The summed E-state index contributed by atoms with van der Waals surface area (Å²) in [7, 11) is 5.08. The van der Waals surface area contributed by atoms with E-state index in [1.165, 1.54) is 9.58 Å². The molecule has 0 bridgehead atoms. The van der Waals surface area contributed by atoms with Gasteiger partial charge in [-0.05, 0) is 6.92 Å². The number of amides is 1. The molecule has 1 rings (SSSR count). The van der Waals surface area contributed by atoms with Gasteiger partial charge in [-0.2, -0.15) is 5.10 Å². The first kappa shape index (κ1) is 10.1. The highest BCUT2D eigenvalue weighted by molar-refractivity contribution is 6.33. The third-order valence-corrected chi connectivity index (χ3v) is 2.21. The predicted molar refractivity (Wildman–Crippen MR) is 51.0 cm³/mol. The van der Waals surface area contributed by atoms with Crippen molar-refractivity contribution in [3.05, 3.63) is 16.4 Å².